The van der Waals surface area contributed by atoms with E-state index < -0.39 is 0 Å². The van der Waals surface area contributed by atoms with Gasteiger partial charge in [0, 0.05) is 0 Å². The van der Waals surface area contributed by atoms with Crippen molar-refractivity contribution in [2.24, 2.45) is 5.92 Å². The number of aliphatic hydroxyl groups excluding tert-OH is 1. The summed E-state index contributed by atoms with van der Waals surface area (Å²) in [6.07, 6.45) is 6.05. The fraction of sp³-hybridized carbons (Fsp3) is 0.800. The molecule has 2 heteroatoms. The molecule has 0 bridgehead atoms. The first-order valence-electron chi connectivity index (χ1n) is 4.57. The quantitative estimate of drug-likeness (QED) is 0.485. The van der Waals surface area contributed by atoms with Crippen molar-refractivity contribution in [3.8, 4) is 0 Å². The Hall–Kier alpha value is -0.370. The van der Waals surface area contributed by atoms with E-state index >= 15 is 0 Å². The van der Waals surface area contributed by atoms with Crippen molar-refractivity contribution >= 4 is 0 Å². The van der Waals surface area contributed by atoms with Crippen molar-refractivity contribution in [2.45, 2.75) is 39.2 Å². The molecule has 0 rings (SSSR count). The number of hydrogen-bond donors (Lipinski definition) is 1. The van der Waals surface area contributed by atoms with Gasteiger partial charge in [-0.25, -0.2) is 0 Å². The molecule has 0 aliphatic carbocycles. The summed E-state index contributed by atoms with van der Waals surface area (Å²) in [5, 5.41) is 9.13. The van der Waals surface area contributed by atoms with E-state index in [1.54, 1.807) is 6.92 Å². The van der Waals surface area contributed by atoms with Crippen molar-refractivity contribution in [1.82, 2.24) is 0 Å². The lowest BCUT2D eigenvalue weighted by Crippen LogP contribution is -2.11. The molecule has 0 saturated heterocycles. The molecule has 0 unspecified atom stereocenters. The Labute approximate surface area is 74.3 Å². The Morgan fingerprint density at radius 3 is 2.50 bits per heavy atom. The number of unbranched alkanes of at least 4 members (excludes halogenated alkanes) is 1. The first-order chi connectivity index (χ1) is 5.68. The molecule has 0 fully saturated rings. The first kappa shape index (κ1) is 11.6. The highest BCUT2D eigenvalue weighted by Crippen LogP contribution is 2.08. The van der Waals surface area contributed by atoms with Crippen LogP contribution in [0.15, 0.2) is 12.2 Å². The van der Waals surface area contributed by atoms with Gasteiger partial charge < -0.3 is 5.11 Å². The standard InChI is InChI=1S/C10H19FO/c1-9(10(2)12)7-5-3-4-6-8-11/h3,5,9-10,12H,4,6-8H2,1-2H3/t9-,10+/m1/s1. The Balaban J connectivity index is 3.33. The van der Waals surface area contributed by atoms with Crippen LogP contribution in [0.2, 0.25) is 0 Å². The molecule has 0 spiro atoms. The molecule has 0 aliphatic rings. The summed E-state index contributed by atoms with van der Waals surface area (Å²) in [4.78, 5) is 0. The molecular formula is C10H19FO. The van der Waals surface area contributed by atoms with Crippen LogP contribution in [0.4, 0.5) is 4.39 Å². The molecule has 72 valence electrons. The highest BCUT2D eigenvalue weighted by Gasteiger charge is 2.04. The second-order valence-electron chi connectivity index (χ2n) is 3.26. The molecule has 0 aromatic rings. The fourth-order valence-corrected chi connectivity index (χ4v) is 0.821. The first-order valence-corrected chi connectivity index (χ1v) is 4.57. The predicted molar refractivity (Wildman–Crippen MR) is 49.8 cm³/mol. The minimum Gasteiger partial charge on any atom is -0.393 e. The van der Waals surface area contributed by atoms with Crippen LogP contribution in [0.5, 0.6) is 0 Å². The molecule has 0 aliphatic heterocycles. The molecule has 1 N–H and O–H groups in total. The third-order valence-corrected chi connectivity index (χ3v) is 2.00. The van der Waals surface area contributed by atoms with E-state index in [2.05, 4.69) is 0 Å². The molecule has 0 aromatic carbocycles. The van der Waals surface area contributed by atoms with Gasteiger partial charge in [-0.15, -0.1) is 0 Å². The normalized spacial score (nSPS) is 16.7. The van der Waals surface area contributed by atoms with E-state index in [0.717, 1.165) is 12.8 Å². The van der Waals surface area contributed by atoms with Crippen LogP contribution in [0.1, 0.15) is 33.1 Å². The van der Waals surface area contributed by atoms with Crippen LogP contribution in [0.3, 0.4) is 0 Å². The van der Waals surface area contributed by atoms with Gasteiger partial charge in [0.15, 0.2) is 0 Å². The average molecular weight is 174 g/mol. The third kappa shape index (κ3) is 6.35. The number of hydrogen-bond acceptors (Lipinski definition) is 1. The van der Waals surface area contributed by atoms with E-state index in [9.17, 15) is 4.39 Å². The summed E-state index contributed by atoms with van der Waals surface area (Å²) in [5.74, 6) is 0.298. The molecule has 0 saturated carbocycles. The summed E-state index contributed by atoms with van der Waals surface area (Å²) < 4.78 is 11.6. The SMILES string of the molecule is C[C@H](O)[C@H](C)CC=CCCCF. The lowest BCUT2D eigenvalue weighted by Gasteiger charge is -2.10. The van der Waals surface area contributed by atoms with Gasteiger partial charge in [0.1, 0.15) is 0 Å². The van der Waals surface area contributed by atoms with E-state index in [1.807, 2.05) is 19.1 Å². The molecule has 0 aromatic heterocycles. The lowest BCUT2D eigenvalue weighted by molar-refractivity contribution is 0.136. The van der Waals surface area contributed by atoms with Crippen molar-refractivity contribution in [1.29, 1.82) is 0 Å². The van der Waals surface area contributed by atoms with Gasteiger partial charge in [-0.05, 0) is 32.1 Å². The summed E-state index contributed by atoms with van der Waals surface area (Å²) in [7, 11) is 0. The number of alkyl halides is 1. The van der Waals surface area contributed by atoms with Crippen molar-refractivity contribution in [3.63, 3.8) is 0 Å². The summed E-state index contributed by atoms with van der Waals surface area (Å²) >= 11 is 0. The highest BCUT2D eigenvalue weighted by atomic mass is 19.1. The Kier molecular flexibility index (Phi) is 7.06. The van der Waals surface area contributed by atoms with Gasteiger partial charge in [-0.2, -0.15) is 0 Å². The Morgan fingerprint density at radius 1 is 1.33 bits per heavy atom. The van der Waals surface area contributed by atoms with Crippen LogP contribution in [0.25, 0.3) is 0 Å². The number of rotatable bonds is 6. The van der Waals surface area contributed by atoms with E-state index in [1.165, 1.54) is 0 Å². The Morgan fingerprint density at radius 2 is 2.00 bits per heavy atom. The van der Waals surface area contributed by atoms with Gasteiger partial charge in [0.25, 0.3) is 0 Å². The number of allylic oxidation sites excluding steroid dienone is 2. The molecular weight excluding hydrogens is 155 g/mol. The van der Waals surface area contributed by atoms with Crippen molar-refractivity contribution in [3.05, 3.63) is 12.2 Å². The van der Waals surface area contributed by atoms with Crippen LogP contribution >= 0.6 is 0 Å². The van der Waals surface area contributed by atoms with E-state index in [4.69, 9.17) is 5.11 Å². The van der Waals surface area contributed by atoms with Crippen LogP contribution in [-0.2, 0) is 0 Å². The average Bonchev–Trinajstić information content (AvgIpc) is 2.03. The Bertz CT molecular complexity index is 121. The van der Waals surface area contributed by atoms with Crippen LogP contribution in [-0.4, -0.2) is 17.9 Å². The minimum absolute atomic E-state index is 0.240. The zero-order valence-corrected chi connectivity index (χ0v) is 7.96. The van der Waals surface area contributed by atoms with Gasteiger partial charge in [0.2, 0.25) is 0 Å². The molecule has 2 atom stereocenters. The maximum atomic E-state index is 11.6. The topological polar surface area (TPSA) is 20.2 Å². The van der Waals surface area contributed by atoms with Gasteiger partial charge in [0.05, 0.1) is 12.8 Å². The monoisotopic (exact) mass is 174 g/mol. The van der Waals surface area contributed by atoms with Crippen molar-refractivity contribution in [2.75, 3.05) is 6.67 Å². The van der Waals surface area contributed by atoms with Gasteiger partial charge in [-0.3, -0.25) is 4.39 Å². The number of halogens is 1. The second-order valence-corrected chi connectivity index (χ2v) is 3.26. The fourth-order valence-electron chi connectivity index (χ4n) is 0.821. The second kappa shape index (κ2) is 7.29. The zero-order chi connectivity index (χ0) is 9.40. The maximum absolute atomic E-state index is 11.6. The largest absolute Gasteiger partial charge is 0.393 e. The minimum atomic E-state index is -0.254. The molecule has 12 heavy (non-hydrogen) atoms. The lowest BCUT2D eigenvalue weighted by atomic mass is 10.0. The van der Waals surface area contributed by atoms with E-state index in [-0.39, 0.29) is 12.8 Å². The maximum Gasteiger partial charge on any atom is 0.0897 e. The highest BCUT2D eigenvalue weighted by molar-refractivity contribution is 4.84. The smallest absolute Gasteiger partial charge is 0.0897 e. The van der Waals surface area contributed by atoms with E-state index in [0.29, 0.717) is 12.3 Å². The molecule has 1 nitrogen and oxygen atoms in total. The summed E-state index contributed by atoms with van der Waals surface area (Å²) in [6, 6.07) is 0. The summed E-state index contributed by atoms with van der Waals surface area (Å²) in [6.45, 7) is 3.56. The van der Waals surface area contributed by atoms with Crippen molar-refractivity contribution < 1.29 is 9.50 Å². The van der Waals surface area contributed by atoms with Gasteiger partial charge >= 0.3 is 0 Å². The van der Waals surface area contributed by atoms with Crippen LogP contribution < -0.4 is 0 Å². The molecule has 0 heterocycles. The molecule has 0 radical (unpaired) electrons. The van der Waals surface area contributed by atoms with Crippen LogP contribution in [0, 0.1) is 5.92 Å². The predicted octanol–water partition coefficient (Wildman–Crippen LogP) is 2.70. The molecule has 0 amide bonds. The zero-order valence-electron chi connectivity index (χ0n) is 7.96. The summed E-state index contributed by atoms with van der Waals surface area (Å²) in [5.41, 5.74) is 0. The number of aliphatic hydroxyl groups is 1. The third-order valence-electron chi connectivity index (χ3n) is 2.00. The van der Waals surface area contributed by atoms with Gasteiger partial charge in [-0.1, -0.05) is 19.1 Å².